The molecule has 1 aromatic rings. The Labute approximate surface area is 104 Å². The van der Waals surface area contributed by atoms with Gasteiger partial charge in [-0.2, -0.15) is 0 Å². The molecule has 3 heteroatoms. The number of aromatic nitrogens is 1. The summed E-state index contributed by atoms with van der Waals surface area (Å²) in [6.45, 7) is 4.60. The van der Waals surface area contributed by atoms with Gasteiger partial charge in [0.1, 0.15) is 0 Å². The molecule has 3 nitrogen and oxygen atoms in total. The van der Waals surface area contributed by atoms with Crippen LogP contribution in [0.1, 0.15) is 25.0 Å². The largest absolute Gasteiger partial charge is 0.316 e. The maximum atomic E-state index is 4.32. The summed E-state index contributed by atoms with van der Waals surface area (Å²) in [5, 5.41) is 6.98. The molecule has 1 fully saturated rings. The van der Waals surface area contributed by atoms with E-state index in [1.807, 2.05) is 12.3 Å². The van der Waals surface area contributed by atoms with Gasteiger partial charge in [0.2, 0.25) is 0 Å². The highest BCUT2D eigenvalue weighted by Crippen LogP contribution is 2.12. The van der Waals surface area contributed by atoms with Crippen LogP contribution in [0.3, 0.4) is 0 Å². The summed E-state index contributed by atoms with van der Waals surface area (Å²) < 4.78 is 0. The normalized spacial score (nSPS) is 20.4. The van der Waals surface area contributed by atoms with Crippen LogP contribution in [0, 0.1) is 5.92 Å². The first-order valence-electron chi connectivity index (χ1n) is 6.76. The first kappa shape index (κ1) is 12.5. The molecule has 1 aromatic heterocycles. The molecule has 0 spiro atoms. The molecule has 1 aliphatic rings. The average Bonchev–Trinajstić information content (AvgIpc) is 2.41. The second-order valence-electron chi connectivity index (χ2n) is 4.82. The first-order valence-corrected chi connectivity index (χ1v) is 6.76. The first-order chi connectivity index (χ1) is 8.45. The number of nitrogens with zero attached hydrogens (tertiary/aromatic N) is 1. The van der Waals surface area contributed by atoms with E-state index in [0.29, 0.717) is 0 Å². The number of piperidine rings is 1. The Kier molecular flexibility index (Phi) is 5.46. The van der Waals surface area contributed by atoms with Crippen LogP contribution < -0.4 is 10.6 Å². The smallest absolute Gasteiger partial charge is 0.0416 e. The molecule has 0 amide bonds. The van der Waals surface area contributed by atoms with Crippen LogP contribution in [0.5, 0.6) is 0 Å². The third-order valence-electron chi connectivity index (χ3n) is 3.41. The van der Waals surface area contributed by atoms with Crippen LogP contribution in [-0.4, -0.2) is 31.2 Å². The molecule has 0 aromatic carbocycles. The Morgan fingerprint density at radius 2 is 2.35 bits per heavy atom. The fraction of sp³-hybridized carbons (Fsp3) is 0.643. The number of rotatable bonds is 6. The van der Waals surface area contributed by atoms with Gasteiger partial charge >= 0.3 is 0 Å². The number of hydrogen-bond donors (Lipinski definition) is 2. The van der Waals surface area contributed by atoms with Gasteiger partial charge in [0, 0.05) is 24.9 Å². The van der Waals surface area contributed by atoms with Gasteiger partial charge in [-0.3, -0.25) is 4.98 Å². The summed E-state index contributed by atoms with van der Waals surface area (Å²) in [5.41, 5.74) is 1.18. The third-order valence-corrected chi connectivity index (χ3v) is 3.41. The fourth-order valence-electron chi connectivity index (χ4n) is 2.36. The third kappa shape index (κ3) is 4.84. The monoisotopic (exact) mass is 233 g/mol. The van der Waals surface area contributed by atoms with Gasteiger partial charge in [-0.15, -0.1) is 0 Å². The highest BCUT2D eigenvalue weighted by atomic mass is 14.9. The molecular formula is C14H23N3. The Morgan fingerprint density at radius 3 is 3.12 bits per heavy atom. The Bertz CT molecular complexity index is 294. The van der Waals surface area contributed by atoms with Crippen LogP contribution in [-0.2, 0) is 6.42 Å². The number of nitrogens with one attached hydrogen (secondary N) is 2. The van der Waals surface area contributed by atoms with E-state index in [1.165, 1.54) is 38.0 Å². The van der Waals surface area contributed by atoms with Crippen molar-refractivity contribution in [3.05, 3.63) is 30.1 Å². The van der Waals surface area contributed by atoms with E-state index in [1.54, 1.807) is 0 Å². The molecule has 2 heterocycles. The summed E-state index contributed by atoms with van der Waals surface area (Å²) in [4.78, 5) is 4.32. The highest BCUT2D eigenvalue weighted by Gasteiger charge is 2.11. The molecule has 0 bridgehead atoms. The van der Waals surface area contributed by atoms with Gasteiger partial charge in [-0.1, -0.05) is 6.07 Å². The summed E-state index contributed by atoms with van der Waals surface area (Å²) in [6, 6.07) is 6.11. The van der Waals surface area contributed by atoms with Gasteiger partial charge in [-0.05, 0) is 56.9 Å². The van der Waals surface area contributed by atoms with Crippen LogP contribution in [0.2, 0.25) is 0 Å². The highest BCUT2D eigenvalue weighted by molar-refractivity contribution is 5.03. The minimum Gasteiger partial charge on any atom is -0.316 e. The molecule has 1 saturated heterocycles. The SMILES string of the molecule is c1ccc(CCNCCC2CCCNC2)nc1. The van der Waals surface area contributed by atoms with Crippen molar-refractivity contribution in [2.75, 3.05) is 26.2 Å². The van der Waals surface area contributed by atoms with Crippen molar-refractivity contribution in [1.82, 2.24) is 15.6 Å². The van der Waals surface area contributed by atoms with Crippen molar-refractivity contribution >= 4 is 0 Å². The minimum absolute atomic E-state index is 0.881. The van der Waals surface area contributed by atoms with E-state index in [9.17, 15) is 0 Å². The number of pyridine rings is 1. The lowest BCUT2D eigenvalue weighted by atomic mass is 9.96. The Hall–Kier alpha value is -0.930. The Balaban J connectivity index is 1.51. The second kappa shape index (κ2) is 7.41. The molecule has 17 heavy (non-hydrogen) atoms. The maximum absolute atomic E-state index is 4.32. The van der Waals surface area contributed by atoms with Crippen molar-refractivity contribution < 1.29 is 0 Å². The zero-order chi connectivity index (χ0) is 11.8. The minimum atomic E-state index is 0.881. The predicted molar refractivity (Wildman–Crippen MR) is 71.0 cm³/mol. The van der Waals surface area contributed by atoms with Gasteiger partial charge < -0.3 is 10.6 Å². The van der Waals surface area contributed by atoms with Gasteiger partial charge in [-0.25, -0.2) is 0 Å². The van der Waals surface area contributed by atoms with Crippen LogP contribution in [0.4, 0.5) is 0 Å². The van der Waals surface area contributed by atoms with Crippen LogP contribution in [0.25, 0.3) is 0 Å². The summed E-state index contributed by atoms with van der Waals surface area (Å²) in [7, 11) is 0. The van der Waals surface area contributed by atoms with E-state index >= 15 is 0 Å². The number of hydrogen-bond acceptors (Lipinski definition) is 3. The topological polar surface area (TPSA) is 37.0 Å². The zero-order valence-corrected chi connectivity index (χ0v) is 10.5. The zero-order valence-electron chi connectivity index (χ0n) is 10.5. The quantitative estimate of drug-likeness (QED) is 0.733. The summed E-state index contributed by atoms with van der Waals surface area (Å²) in [6.07, 6.45) is 6.94. The van der Waals surface area contributed by atoms with Crippen molar-refractivity contribution in [1.29, 1.82) is 0 Å². The molecule has 94 valence electrons. The van der Waals surface area contributed by atoms with E-state index in [0.717, 1.165) is 25.4 Å². The summed E-state index contributed by atoms with van der Waals surface area (Å²) >= 11 is 0. The lowest BCUT2D eigenvalue weighted by Gasteiger charge is -2.22. The lowest BCUT2D eigenvalue weighted by Crippen LogP contribution is -2.32. The standard InChI is InChI=1S/C14H23N3/c1-2-9-17-14(5-1)7-11-15-10-6-13-4-3-8-16-12-13/h1-2,5,9,13,15-16H,3-4,6-8,10-12H2. The molecular weight excluding hydrogens is 210 g/mol. The molecule has 2 N–H and O–H groups in total. The van der Waals surface area contributed by atoms with E-state index < -0.39 is 0 Å². The molecule has 1 aliphatic heterocycles. The van der Waals surface area contributed by atoms with Gasteiger partial charge in [0.25, 0.3) is 0 Å². The molecule has 1 atom stereocenters. The average molecular weight is 233 g/mol. The molecule has 1 unspecified atom stereocenters. The van der Waals surface area contributed by atoms with Crippen LogP contribution in [0.15, 0.2) is 24.4 Å². The molecule has 0 saturated carbocycles. The lowest BCUT2D eigenvalue weighted by molar-refractivity contribution is 0.352. The van der Waals surface area contributed by atoms with Gasteiger partial charge in [0.15, 0.2) is 0 Å². The summed E-state index contributed by atoms with van der Waals surface area (Å²) in [5.74, 6) is 0.881. The van der Waals surface area contributed by atoms with Gasteiger partial charge in [0.05, 0.1) is 0 Å². The van der Waals surface area contributed by atoms with Crippen molar-refractivity contribution in [3.63, 3.8) is 0 Å². The van der Waals surface area contributed by atoms with Crippen molar-refractivity contribution in [3.8, 4) is 0 Å². The van der Waals surface area contributed by atoms with E-state index in [2.05, 4.69) is 27.8 Å². The van der Waals surface area contributed by atoms with E-state index in [4.69, 9.17) is 0 Å². The molecule has 2 rings (SSSR count). The second-order valence-corrected chi connectivity index (χ2v) is 4.82. The predicted octanol–water partition coefficient (Wildman–Crippen LogP) is 1.60. The fourth-order valence-corrected chi connectivity index (χ4v) is 2.36. The Morgan fingerprint density at radius 1 is 1.35 bits per heavy atom. The van der Waals surface area contributed by atoms with E-state index in [-0.39, 0.29) is 0 Å². The molecule has 0 radical (unpaired) electrons. The molecule has 0 aliphatic carbocycles. The maximum Gasteiger partial charge on any atom is 0.0416 e. The van der Waals surface area contributed by atoms with Crippen LogP contribution >= 0.6 is 0 Å². The van der Waals surface area contributed by atoms with Crippen molar-refractivity contribution in [2.24, 2.45) is 5.92 Å². The van der Waals surface area contributed by atoms with Crippen molar-refractivity contribution in [2.45, 2.75) is 25.7 Å².